The fourth-order valence-corrected chi connectivity index (χ4v) is 10.6. The van der Waals surface area contributed by atoms with E-state index in [4.69, 9.17) is 8.83 Å². The highest BCUT2D eigenvalue weighted by molar-refractivity contribution is 6.30. The van der Waals surface area contributed by atoms with Gasteiger partial charge in [-0.05, 0) is 98.9 Å². The zero-order valence-electron chi connectivity index (χ0n) is 41.0. The van der Waals surface area contributed by atoms with Gasteiger partial charge in [0.1, 0.15) is 22.9 Å². The summed E-state index contributed by atoms with van der Waals surface area (Å²) in [6, 6.07) is 17.1. The molecule has 0 N–H and O–H groups in total. The number of amides is 6. The summed E-state index contributed by atoms with van der Waals surface area (Å²) in [4.78, 5) is 91.1. The molecule has 4 aliphatic heterocycles. The van der Waals surface area contributed by atoms with Gasteiger partial charge in [-0.2, -0.15) is 0 Å². The first-order valence-corrected chi connectivity index (χ1v) is 25.3. The molecular weight excluding hydrogens is 857 g/mol. The summed E-state index contributed by atoms with van der Waals surface area (Å²) in [5.41, 5.74) is 3.90. The van der Waals surface area contributed by atoms with Gasteiger partial charge in [-0.3, -0.25) is 38.6 Å². The lowest BCUT2D eigenvalue weighted by molar-refractivity contribution is -0.124. The molecule has 0 saturated carbocycles. The van der Waals surface area contributed by atoms with Crippen LogP contribution in [0.15, 0.2) is 80.6 Å². The van der Waals surface area contributed by atoms with Crippen molar-refractivity contribution in [3.63, 3.8) is 0 Å². The summed E-state index contributed by atoms with van der Waals surface area (Å²) >= 11 is 0. The van der Waals surface area contributed by atoms with E-state index in [9.17, 15) is 19.2 Å². The number of fused-ring (bicyclic) bond motifs is 3. The fraction of sp³-hybridized carbons (Fsp3) is 0.464. The molecule has 0 aliphatic carbocycles. The van der Waals surface area contributed by atoms with Gasteiger partial charge >= 0.3 is 0 Å². The largest absolute Gasteiger partial charge is 0.455 e. The van der Waals surface area contributed by atoms with Gasteiger partial charge < -0.3 is 18.6 Å². The third-order valence-corrected chi connectivity index (χ3v) is 14.8. The number of carbonyl (C=O) groups is 6. The maximum absolute atomic E-state index is 15.3. The van der Waals surface area contributed by atoms with E-state index in [2.05, 4.69) is 27.7 Å². The van der Waals surface area contributed by atoms with Crippen molar-refractivity contribution in [2.24, 2.45) is 11.8 Å². The molecular formula is C56H66N4O8. The van der Waals surface area contributed by atoms with Crippen molar-refractivity contribution in [1.82, 2.24) is 19.6 Å². The molecule has 2 unspecified atom stereocenters. The van der Waals surface area contributed by atoms with Gasteiger partial charge in [-0.25, -0.2) is 0 Å². The van der Waals surface area contributed by atoms with Crippen LogP contribution < -0.4 is 0 Å². The van der Waals surface area contributed by atoms with Gasteiger partial charge in [0, 0.05) is 36.3 Å². The Hall–Kier alpha value is -6.30. The predicted molar refractivity (Wildman–Crippen MR) is 262 cm³/mol. The third-order valence-electron chi connectivity index (χ3n) is 14.8. The number of nitrogens with zero attached hydrogens (tertiary/aromatic N) is 4. The SMILES string of the molecule is CCCCC(CC)CN1C(=O)C2=C(c3ccc(-c4ccc5c(c4)C(=O)N(C(CC)CC)C5=O)o3)N(CC(CC)CCCC)C(=O)C2=C1c1ccc(-c2ccc3c(c2)C(=O)N(C(CC)CC)C3=O)o1. The summed E-state index contributed by atoms with van der Waals surface area (Å²) in [6.07, 6.45) is 10.1. The van der Waals surface area contributed by atoms with E-state index in [1.165, 1.54) is 9.80 Å². The van der Waals surface area contributed by atoms with Crippen molar-refractivity contribution in [3.05, 3.63) is 106 Å². The van der Waals surface area contributed by atoms with Gasteiger partial charge in [0.05, 0.1) is 33.4 Å². The molecule has 68 heavy (non-hydrogen) atoms. The number of hydrogen-bond donors (Lipinski definition) is 0. The van der Waals surface area contributed by atoms with Crippen molar-refractivity contribution in [1.29, 1.82) is 0 Å². The number of unbranched alkanes of at least 4 members (excludes halogenated alkanes) is 2. The van der Waals surface area contributed by atoms with E-state index in [1.54, 1.807) is 70.5 Å². The Balaban J connectivity index is 1.24. The first kappa shape index (κ1) is 48.2. The summed E-state index contributed by atoms with van der Waals surface area (Å²) in [5.74, 6) is 0.0114. The molecule has 2 aromatic carbocycles. The van der Waals surface area contributed by atoms with Crippen molar-refractivity contribution < 1.29 is 37.6 Å². The highest BCUT2D eigenvalue weighted by Gasteiger charge is 2.51. The topological polar surface area (TPSA) is 142 Å². The minimum atomic E-state index is -0.324. The summed E-state index contributed by atoms with van der Waals surface area (Å²) in [7, 11) is 0. The number of carbonyl (C=O) groups excluding carboxylic acids is 6. The molecule has 12 heteroatoms. The van der Waals surface area contributed by atoms with E-state index in [1.807, 2.05) is 27.7 Å². The summed E-state index contributed by atoms with van der Waals surface area (Å²) in [5, 5.41) is 0. The normalized spacial score (nSPS) is 16.9. The number of furan rings is 2. The molecule has 2 atom stereocenters. The average molecular weight is 923 g/mol. The number of benzene rings is 2. The number of hydrogen-bond acceptors (Lipinski definition) is 8. The van der Waals surface area contributed by atoms with Crippen molar-refractivity contribution in [2.75, 3.05) is 13.1 Å². The highest BCUT2D eigenvalue weighted by atomic mass is 16.3. The van der Waals surface area contributed by atoms with Crippen LogP contribution in [0.5, 0.6) is 0 Å². The van der Waals surface area contributed by atoms with E-state index in [0.717, 1.165) is 51.4 Å². The number of rotatable bonds is 22. The van der Waals surface area contributed by atoms with Crippen molar-refractivity contribution >= 4 is 46.8 Å². The average Bonchev–Trinajstić information content (AvgIpc) is 4.21. The van der Waals surface area contributed by atoms with Gasteiger partial charge in [0.15, 0.2) is 11.5 Å². The molecule has 0 radical (unpaired) electrons. The van der Waals surface area contributed by atoms with E-state index < -0.39 is 0 Å². The standard InChI is InChI=1S/C56H66N4O8/c1-9-17-19-33(11-3)31-57-49(45-27-25-43(67-45)35-21-23-39-41(29-35)53(63)59(51(39)61)37(13-5)14-6)47-48(55(57)65)50(58(56(47)66)32-34(12-4)20-18-10-2)46-28-26-44(68-46)36-22-24-40-42(30-36)54(64)60(52(40)62)38(15-7)16-8/h21-30,33-34,37-38H,9-20,31-32H2,1-8H3. The van der Waals surface area contributed by atoms with Gasteiger partial charge in [-0.15, -0.1) is 0 Å². The van der Waals surface area contributed by atoms with Crippen LogP contribution in [0.2, 0.25) is 0 Å². The summed E-state index contributed by atoms with van der Waals surface area (Å²) < 4.78 is 13.3. The van der Waals surface area contributed by atoms with Crippen molar-refractivity contribution in [2.45, 2.75) is 145 Å². The van der Waals surface area contributed by atoms with Gasteiger partial charge in [0.25, 0.3) is 35.4 Å². The Kier molecular flexibility index (Phi) is 14.3. The first-order chi connectivity index (χ1) is 32.9. The molecule has 12 nitrogen and oxygen atoms in total. The Bertz CT molecular complexity index is 2530. The maximum atomic E-state index is 15.3. The van der Waals surface area contributed by atoms with Crippen LogP contribution in [0, 0.1) is 11.8 Å². The number of imide groups is 2. The minimum absolute atomic E-state index is 0.153. The Morgan fingerprint density at radius 1 is 0.412 bits per heavy atom. The Labute approximate surface area is 400 Å². The predicted octanol–water partition coefficient (Wildman–Crippen LogP) is 12.0. The van der Waals surface area contributed by atoms with E-state index in [-0.39, 0.29) is 70.5 Å². The maximum Gasteiger partial charge on any atom is 0.261 e. The van der Waals surface area contributed by atoms with Crippen LogP contribution in [0.25, 0.3) is 34.0 Å². The van der Waals surface area contributed by atoms with Gasteiger partial charge in [-0.1, -0.05) is 106 Å². The summed E-state index contributed by atoms with van der Waals surface area (Å²) in [6.45, 7) is 17.2. The van der Waals surface area contributed by atoms with Crippen LogP contribution in [-0.4, -0.2) is 80.2 Å². The molecule has 358 valence electrons. The highest BCUT2D eigenvalue weighted by Crippen LogP contribution is 2.49. The zero-order chi connectivity index (χ0) is 48.6. The van der Waals surface area contributed by atoms with Crippen LogP contribution in [-0.2, 0) is 9.59 Å². The Morgan fingerprint density at radius 2 is 0.765 bits per heavy atom. The second-order valence-corrected chi connectivity index (χ2v) is 18.9. The first-order valence-electron chi connectivity index (χ1n) is 25.3. The van der Waals surface area contributed by atoms with Crippen LogP contribution in [0.4, 0.5) is 0 Å². The second kappa shape index (κ2) is 20.1. The molecule has 4 aromatic rings. The van der Waals surface area contributed by atoms with Crippen LogP contribution in [0.1, 0.15) is 185 Å². The molecule has 0 saturated heterocycles. The monoisotopic (exact) mass is 922 g/mol. The molecule has 6 amide bonds. The lowest BCUT2D eigenvalue weighted by Gasteiger charge is -2.28. The minimum Gasteiger partial charge on any atom is -0.455 e. The molecule has 6 heterocycles. The molecule has 0 bridgehead atoms. The third kappa shape index (κ3) is 8.27. The van der Waals surface area contributed by atoms with Gasteiger partial charge in [0.2, 0.25) is 0 Å². The molecule has 8 rings (SSSR count). The van der Waals surface area contributed by atoms with Crippen molar-refractivity contribution in [3.8, 4) is 22.6 Å². The quantitative estimate of drug-likeness (QED) is 0.0709. The molecule has 0 spiro atoms. The van der Waals surface area contributed by atoms with Crippen LogP contribution in [0.3, 0.4) is 0 Å². The van der Waals surface area contributed by atoms with E-state index in [0.29, 0.717) is 107 Å². The molecule has 4 aliphatic rings. The molecule has 0 fully saturated rings. The smallest absolute Gasteiger partial charge is 0.261 e. The lowest BCUT2D eigenvalue weighted by Crippen LogP contribution is -2.39. The fourth-order valence-electron chi connectivity index (χ4n) is 10.6. The Morgan fingerprint density at radius 3 is 1.10 bits per heavy atom. The molecule has 2 aromatic heterocycles. The van der Waals surface area contributed by atoms with E-state index >= 15 is 9.59 Å². The second-order valence-electron chi connectivity index (χ2n) is 18.9. The zero-order valence-corrected chi connectivity index (χ0v) is 41.0. The van der Waals surface area contributed by atoms with Crippen LogP contribution >= 0.6 is 0 Å². The lowest BCUT2D eigenvalue weighted by atomic mass is 9.98.